The second-order valence-corrected chi connectivity index (χ2v) is 3.70. The number of aliphatic hydroxyl groups is 1. The van der Waals surface area contributed by atoms with Crippen molar-refractivity contribution in [3.05, 3.63) is 34.9 Å². The van der Waals surface area contributed by atoms with Crippen LogP contribution in [0.25, 0.3) is 0 Å². The van der Waals surface area contributed by atoms with Crippen molar-refractivity contribution in [2.45, 2.75) is 25.9 Å². The van der Waals surface area contributed by atoms with Gasteiger partial charge in [-0.05, 0) is 18.6 Å². The Morgan fingerprint density at radius 1 is 1.41 bits per heavy atom. The molecule has 92 valence electrons. The fraction of sp³-hybridized carbons (Fsp3) is 0.417. The molecule has 0 saturated carbocycles. The van der Waals surface area contributed by atoms with Crippen LogP contribution in [0.4, 0.5) is 8.78 Å². The first-order chi connectivity index (χ1) is 8.12. The van der Waals surface area contributed by atoms with Gasteiger partial charge in [0.1, 0.15) is 11.6 Å². The Labute approximate surface area is 98.7 Å². The molecule has 0 aromatic heterocycles. The van der Waals surface area contributed by atoms with Gasteiger partial charge < -0.3 is 10.4 Å². The summed E-state index contributed by atoms with van der Waals surface area (Å²) in [6.07, 6.45) is 0.663. The van der Waals surface area contributed by atoms with Crippen LogP contribution in [0.15, 0.2) is 12.1 Å². The van der Waals surface area contributed by atoms with Crippen molar-refractivity contribution in [3.63, 3.8) is 0 Å². The van der Waals surface area contributed by atoms with Crippen molar-refractivity contribution in [2.24, 2.45) is 0 Å². The molecule has 0 aliphatic rings. The van der Waals surface area contributed by atoms with Gasteiger partial charge in [-0.1, -0.05) is 6.92 Å². The van der Waals surface area contributed by atoms with Crippen LogP contribution in [0.2, 0.25) is 0 Å². The minimum atomic E-state index is -0.748. The summed E-state index contributed by atoms with van der Waals surface area (Å²) in [7, 11) is 0. The second kappa shape index (κ2) is 6.28. The average Bonchev–Trinajstić information content (AvgIpc) is 2.32. The van der Waals surface area contributed by atoms with E-state index < -0.39 is 11.6 Å². The SMILES string of the molecule is CC[C@@H](CO)NCc1c(F)cc(C#N)cc1F. The Hall–Kier alpha value is -1.51. The van der Waals surface area contributed by atoms with E-state index in [1.165, 1.54) is 0 Å². The monoisotopic (exact) mass is 240 g/mol. The lowest BCUT2D eigenvalue weighted by Crippen LogP contribution is -2.31. The lowest BCUT2D eigenvalue weighted by atomic mass is 10.1. The highest BCUT2D eigenvalue weighted by atomic mass is 19.1. The van der Waals surface area contributed by atoms with Gasteiger partial charge in [0.15, 0.2) is 0 Å². The molecule has 1 rings (SSSR count). The van der Waals surface area contributed by atoms with E-state index in [1.54, 1.807) is 6.07 Å². The van der Waals surface area contributed by atoms with Crippen molar-refractivity contribution in [3.8, 4) is 6.07 Å². The minimum Gasteiger partial charge on any atom is -0.395 e. The van der Waals surface area contributed by atoms with E-state index in [0.717, 1.165) is 12.1 Å². The van der Waals surface area contributed by atoms with Crippen LogP contribution >= 0.6 is 0 Å². The first-order valence-corrected chi connectivity index (χ1v) is 5.34. The molecule has 0 aliphatic carbocycles. The number of hydrogen-bond donors (Lipinski definition) is 2. The highest BCUT2D eigenvalue weighted by molar-refractivity contribution is 5.34. The van der Waals surface area contributed by atoms with E-state index in [4.69, 9.17) is 10.4 Å². The van der Waals surface area contributed by atoms with Gasteiger partial charge in [0.25, 0.3) is 0 Å². The number of aliphatic hydroxyl groups excluding tert-OH is 1. The Morgan fingerprint density at radius 2 is 2.00 bits per heavy atom. The van der Waals surface area contributed by atoms with Crippen molar-refractivity contribution >= 4 is 0 Å². The van der Waals surface area contributed by atoms with E-state index in [2.05, 4.69) is 5.32 Å². The zero-order valence-corrected chi connectivity index (χ0v) is 9.50. The molecule has 0 unspecified atom stereocenters. The predicted octanol–water partition coefficient (Wildman–Crippen LogP) is 1.70. The van der Waals surface area contributed by atoms with Gasteiger partial charge in [-0.15, -0.1) is 0 Å². The Morgan fingerprint density at radius 3 is 2.41 bits per heavy atom. The van der Waals surface area contributed by atoms with Crippen LogP contribution in [0, 0.1) is 23.0 Å². The summed E-state index contributed by atoms with van der Waals surface area (Å²) in [5.41, 5.74) is -0.158. The molecule has 0 heterocycles. The van der Waals surface area contributed by atoms with E-state index >= 15 is 0 Å². The van der Waals surface area contributed by atoms with Crippen LogP contribution in [0.1, 0.15) is 24.5 Å². The standard InChI is InChI=1S/C12H14F2N2O/c1-2-9(7-17)16-6-10-11(13)3-8(5-15)4-12(10)14/h3-4,9,16-17H,2,6-7H2,1H3/t9-/m0/s1. The van der Waals surface area contributed by atoms with Crippen LogP contribution in [-0.4, -0.2) is 17.8 Å². The Kier molecular flexibility index (Phi) is 5.01. The fourth-order valence-electron chi connectivity index (χ4n) is 1.42. The summed E-state index contributed by atoms with van der Waals surface area (Å²) in [6, 6.07) is 3.49. The lowest BCUT2D eigenvalue weighted by Gasteiger charge is -2.14. The normalized spacial score (nSPS) is 12.2. The van der Waals surface area contributed by atoms with Crippen molar-refractivity contribution < 1.29 is 13.9 Å². The van der Waals surface area contributed by atoms with Gasteiger partial charge in [0.2, 0.25) is 0 Å². The molecular formula is C12H14F2N2O. The first-order valence-electron chi connectivity index (χ1n) is 5.34. The number of hydrogen-bond acceptors (Lipinski definition) is 3. The summed E-state index contributed by atoms with van der Waals surface area (Å²) in [5, 5.41) is 20.3. The number of rotatable bonds is 5. The minimum absolute atomic E-state index is 0.0115. The maximum absolute atomic E-state index is 13.5. The highest BCUT2D eigenvalue weighted by Crippen LogP contribution is 2.15. The third kappa shape index (κ3) is 3.48. The predicted molar refractivity (Wildman–Crippen MR) is 59.1 cm³/mol. The van der Waals surface area contributed by atoms with Crippen LogP contribution in [0.3, 0.4) is 0 Å². The second-order valence-electron chi connectivity index (χ2n) is 3.70. The maximum Gasteiger partial charge on any atom is 0.131 e. The topological polar surface area (TPSA) is 56.0 Å². The molecule has 0 bridgehead atoms. The summed E-state index contributed by atoms with van der Waals surface area (Å²) in [5.74, 6) is -1.50. The zero-order valence-electron chi connectivity index (χ0n) is 9.50. The molecule has 2 N–H and O–H groups in total. The van der Waals surface area contributed by atoms with E-state index in [-0.39, 0.29) is 30.3 Å². The number of halogens is 2. The van der Waals surface area contributed by atoms with E-state index in [9.17, 15) is 8.78 Å². The first kappa shape index (κ1) is 13.6. The molecule has 17 heavy (non-hydrogen) atoms. The Bertz CT molecular complexity index is 402. The molecule has 0 fully saturated rings. The Balaban J connectivity index is 2.82. The molecule has 0 radical (unpaired) electrons. The molecule has 1 atom stereocenters. The van der Waals surface area contributed by atoms with Crippen LogP contribution in [0.5, 0.6) is 0 Å². The van der Waals surface area contributed by atoms with Gasteiger partial charge in [-0.2, -0.15) is 5.26 Å². The number of nitriles is 1. The highest BCUT2D eigenvalue weighted by Gasteiger charge is 2.12. The summed E-state index contributed by atoms with van der Waals surface area (Å²) < 4.78 is 26.9. The quantitative estimate of drug-likeness (QED) is 0.823. The van der Waals surface area contributed by atoms with E-state index in [0.29, 0.717) is 6.42 Å². The van der Waals surface area contributed by atoms with Gasteiger partial charge >= 0.3 is 0 Å². The molecular weight excluding hydrogens is 226 g/mol. The van der Waals surface area contributed by atoms with Crippen molar-refractivity contribution in [2.75, 3.05) is 6.61 Å². The fourth-order valence-corrected chi connectivity index (χ4v) is 1.42. The number of benzene rings is 1. The number of nitrogens with zero attached hydrogens (tertiary/aromatic N) is 1. The average molecular weight is 240 g/mol. The van der Waals surface area contributed by atoms with Crippen molar-refractivity contribution in [1.29, 1.82) is 5.26 Å². The molecule has 3 nitrogen and oxygen atoms in total. The zero-order chi connectivity index (χ0) is 12.8. The maximum atomic E-state index is 13.5. The smallest absolute Gasteiger partial charge is 0.131 e. The van der Waals surface area contributed by atoms with Gasteiger partial charge in [-0.25, -0.2) is 8.78 Å². The van der Waals surface area contributed by atoms with E-state index in [1.807, 2.05) is 6.92 Å². The number of nitrogens with one attached hydrogen (secondary N) is 1. The third-order valence-corrected chi connectivity index (χ3v) is 2.55. The summed E-state index contributed by atoms with van der Waals surface area (Å²) in [6.45, 7) is 1.76. The largest absolute Gasteiger partial charge is 0.395 e. The molecule has 0 amide bonds. The van der Waals surface area contributed by atoms with Gasteiger partial charge in [-0.3, -0.25) is 0 Å². The lowest BCUT2D eigenvalue weighted by molar-refractivity contribution is 0.237. The molecule has 5 heteroatoms. The molecule has 1 aromatic rings. The molecule has 0 aliphatic heterocycles. The van der Waals surface area contributed by atoms with Crippen LogP contribution < -0.4 is 5.32 Å². The summed E-state index contributed by atoms with van der Waals surface area (Å²) >= 11 is 0. The van der Waals surface area contributed by atoms with Gasteiger partial charge in [0, 0.05) is 18.2 Å². The van der Waals surface area contributed by atoms with Crippen molar-refractivity contribution in [1.82, 2.24) is 5.32 Å². The van der Waals surface area contributed by atoms with Gasteiger partial charge in [0.05, 0.1) is 18.2 Å². The third-order valence-electron chi connectivity index (χ3n) is 2.55. The molecule has 1 aromatic carbocycles. The summed E-state index contributed by atoms with van der Waals surface area (Å²) in [4.78, 5) is 0. The van der Waals surface area contributed by atoms with Crippen LogP contribution in [-0.2, 0) is 6.54 Å². The molecule has 0 saturated heterocycles. The molecule has 0 spiro atoms.